The van der Waals surface area contributed by atoms with Crippen molar-refractivity contribution in [1.82, 2.24) is 15.1 Å². The van der Waals surface area contributed by atoms with E-state index in [0.717, 1.165) is 43.9 Å². The van der Waals surface area contributed by atoms with Gasteiger partial charge in [0.15, 0.2) is 0 Å². The Morgan fingerprint density at radius 3 is 2.03 bits per heavy atom. The molecule has 0 spiro atoms. The van der Waals surface area contributed by atoms with Crippen molar-refractivity contribution in [2.45, 2.75) is 38.1 Å². The second kappa shape index (κ2) is 8.68. The van der Waals surface area contributed by atoms with E-state index in [-0.39, 0.29) is 11.4 Å². The number of hydrogen-bond donors (Lipinski definition) is 1. The smallest absolute Gasteiger partial charge is 0.251 e. The van der Waals surface area contributed by atoms with Crippen LogP contribution in [0.25, 0.3) is 11.1 Å². The van der Waals surface area contributed by atoms with Crippen molar-refractivity contribution in [3.63, 3.8) is 0 Å². The lowest BCUT2D eigenvalue weighted by molar-refractivity contribution is 0.0414. The lowest BCUT2D eigenvalue weighted by Crippen LogP contribution is -2.59. The molecule has 29 heavy (non-hydrogen) atoms. The van der Waals surface area contributed by atoms with E-state index in [0.29, 0.717) is 0 Å². The number of rotatable bonds is 5. The van der Waals surface area contributed by atoms with Crippen LogP contribution in [-0.4, -0.2) is 61.0 Å². The zero-order valence-electron chi connectivity index (χ0n) is 17.8. The van der Waals surface area contributed by atoms with Gasteiger partial charge in [-0.3, -0.25) is 9.69 Å². The highest BCUT2D eigenvalue weighted by Gasteiger charge is 2.40. The molecule has 1 amide bonds. The Kier molecular flexibility index (Phi) is 6.02. The van der Waals surface area contributed by atoms with Gasteiger partial charge in [0, 0.05) is 43.8 Å². The normalized spacial score (nSPS) is 19.9. The highest BCUT2D eigenvalue weighted by molar-refractivity contribution is 5.94. The number of benzene rings is 2. The van der Waals surface area contributed by atoms with Crippen molar-refractivity contribution in [2.24, 2.45) is 0 Å². The predicted octanol–water partition coefficient (Wildman–Crippen LogP) is 3.95. The molecular formula is C25H33N3O. The van der Waals surface area contributed by atoms with E-state index in [1.54, 1.807) is 0 Å². The van der Waals surface area contributed by atoms with E-state index in [1.165, 1.54) is 36.8 Å². The van der Waals surface area contributed by atoms with E-state index in [9.17, 15) is 4.79 Å². The van der Waals surface area contributed by atoms with Gasteiger partial charge in [-0.25, -0.2) is 0 Å². The molecule has 1 aliphatic carbocycles. The number of nitrogens with one attached hydrogen (secondary N) is 1. The molecule has 0 aromatic heterocycles. The fourth-order valence-electron chi connectivity index (χ4n) is 4.83. The number of amides is 1. The summed E-state index contributed by atoms with van der Waals surface area (Å²) in [5.74, 6) is 0.0425. The second-order valence-corrected chi connectivity index (χ2v) is 8.85. The van der Waals surface area contributed by atoms with Gasteiger partial charge in [0.25, 0.3) is 5.91 Å². The third kappa shape index (κ3) is 4.54. The average molecular weight is 392 g/mol. The van der Waals surface area contributed by atoms with Crippen LogP contribution < -0.4 is 5.32 Å². The van der Waals surface area contributed by atoms with Gasteiger partial charge >= 0.3 is 0 Å². The maximum atomic E-state index is 12.8. The van der Waals surface area contributed by atoms with Crippen LogP contribution in [0.2, 0.25) is 0 Å². The molecule has 2 aliphatic rings. The van der Waals surface area contributed by atoms with Crippen LogP contribution in [0.5, 0.6) is 0 Å². The first-order valence-corrected chi connectivity index (χ1v) is 10.9. The van der Waals surface area contributed by atoms with Gasteiger partial charge in [0.1, 0.15) is 0 Å². The summed E-state index contributed by atoms with van der Waals surface area (Å²) in [6, 6.07) is 16.5. The Morgan fingerprint density at radius 1 is 0.897 bits per heavy atom. The van der Waals surface area contributed by atoms with Crippen LogP contribution >= 0.6 is 0 Å². The zero-order chi connectivity index (χ0) is 20.3. The summed E-state index contributed by atoms with van der Waals surface area (Å²) in [6.07, 6.45) is 4.94. The summed E-state index contributed by atoms with van der Waals surface area (Å²) in [5.41, 5.74) is 4.48. The van der Waals surface area contributed by atoms with Crippen LogP contribution in [0.15, 0.2) is 48.5 Å². The van der Waals surface area contributed by atoms with Gasteiger partial charge < -0.3 is 10.2 Å². The molecule has 0 radical (unpaired) electrons. The van der Waals surface area contributed by atoms with Crippen LogP contribution in [0, 0.1) is 6.92 Å². The summed E-state index contributed by atoms with van der Waals surface area (Å²) < 4.78 is 0. The molecule has 1 aliphatic heterocycles. The molecule has 4 rings (SSSR count). The molecule has 4 heteroatoms. The molecule has 2 aromatic carbocycles. The Balaban J connectivity index is 1.40. The highest BCUT2D eigenvalue weighted by Crippen LogP contribution is 2.35. The molecule has 0 bridgehead atoms. The first kappa shape index (κ1) is 20.1. The lowest BCUT2D eigenvalue weighted by atomic mass is 9.93. The monoisotopic (exact) mass is 391 g/mol. The Bertz CT molecular complexity index is 814. The average Bonchev–Trinajstić information content (AvgIpc) is 3.23. The maximum Gasteiger partial charge on any atom is 0.251 e. The van der Waals surface area contributed by atoms with Crippen LogP contribution in [0.4, 0.5) is 0 Å². The largest absolute Gasteiger partial charge is 0.350 e. The van der Waals surface area contributed by atoms with Crippen LogP contribution in [0.3, 0.4) is 0 Å². The quantitative estimate of drug-likeness (QED) is 0.838. The molecule has 1 saturated carbocycles. The van der Waals surface area contributed by atoms with E-state index in [2.05, 4.69) is 53.4 Å². The standard InChI is InChI=1S/C25H33N3O/c1-20-5-7-21(8-6-20)22-9-11-23(12-10-22)24(29)26-19-25(13-3-4-14-25)28-17-15-27(2)16-18-28/h5-12H,3-4,13-19H2,1-2H3,(H,26,29). The van der Waals surface area contributed by atoms with E-state index in [1.807, 2.05) is 24.3 Å². The van der Waals surface area contributed by atoms with Gasteiger partial charge in [-0.05, 0) is 50.1 Å². The van der Waals surface area contributed by atoms with Gasteiger partial charge in [0.2, 0.25) is 0 Å². The summed E-state index contributed by atoms with van der Waals surface area (Å²) in [7, 11) is 2.20. The van der Waals surface area contributed by atoms with E-state index >= 15 is 0 Å². The number of likely N-dealkylation sites (N-methyl/N-ethyl adjacent to an activating group) is 1. The SMILES string of the molecule is Cc1ccc(-c2ccc(C(=O)NCC3(N4CCN(C)CC4)CCCC3)cc2)cc1. The van der Waals surface area contributed by atoms with Crippen LogP contribution in [0.1, 0.15) is 41.6 Å². The summed E-state index contributed by atoms with van der Waals surface area (Å²) >= 11 is 0. The van der Waals surface area contributed by atoms with Crippen LogP contribution in [-0.2, 0) is 0 Å². The number of carbonyl (C=O) groups is 1. The minimum absolute atomic E-state index is 0.0425. The minimum atomic E-state index is 0.0425. The van der Waals surface area contributed by atoms with Crippen molar-refractivity contribution in [3.05, 3.63) is 59.7 Å². The number of piperazine rings is 1. The fraction of sp³-hybridized carbons (Fsp3) is 0.480. The van der Waals surface area contributed by atoms with Crippen molar-refractivity contribution < 1.29 is 4.79 Å². The predicted molar refractivity (Wildman–Crippen MR) is 119 cm³/mol. The summed E-state index contributed by atoms with van der Waals surface area (Å²) in [6.45, 7) is 7.31. The topological polar surface area (TPSA) is 35.6 Å². The number of nitrogens with zero attached hydrogens (tertiary/aromatic N) is 2. The molecular weight excluding hydrogens is 358 g/mol. The molecule has 1 heterocycles. The van der Waals surface area contributed by atoms with Gasteiger partial charge in [-0.1, -0.05) is 54.8 Å². The molecule has 0 atom stereocenters. The number of aryl methyl sites for hydroxylation is 1. The third-order valence-electron chi connectivity index (χ3n) is 6.82. The minimum Gasteiger partial charge on any atom is -0.350 e. The summed E-state index contributed by atoms with van der Waals surface area (Å²) in [4.78, 5) is 17.9. The molecule has 4 nitrogen and oxygen atoms in total. The molecule has 0 unspecified atom stereocenters. The number of hydrogen-bond acceptors (Lipinski definition) is 3. The Hall–Kier alpha value is -2.17. The lowest BCUT2D eigenvalue weighted by Gasteiger charge is -2.45. The first-order valence-electron chi connectivity index (χ1n) is 10.9. The highest BCUT2D eigenvalue weighted by atomic mass is 16.1. The third-order valence-corrected chi connectivity index (χ3v) is 6.82. The molecule has 2 fully saturated rings. The Morgan fingerprint density at radius 2 is 1.45 bits per heavy atom. The van der Waals surface area contributed by atoms with Crippen molar-refractivity contribution in [2.75, 3.05) is 39.8 Å². The maximum absolute atomic E-state index is 12.8. The van der Waals surface area contributed by atoms with Crippen molar-refractivity contribution in [1.29, 1.82) is 0 Å². The van der Waals surface area contributed by atoms with Gasteiger partial charge in [0.05, 0.1) is 0 Å². The van der Waals surface area contributed by atoms with E-state index < -0.39 is 0 Å². The summed E-state index contributed by atoms with van der Waals surface area (Å²) in [5, 5.41) is 3.26. The number of carbonyl (C=O) groups excluding carboxylic acids is 1. The molecule has 154 valence electrons. The van der Waals surface area contributed by atoms with Gasteiger partial charge in [-0.2, -0.15) is 0 Å². The van der Waals surface area contributed by atoms with Crippen molar-refractivity contribution in [3.8, 4) is 11.1 Å². The first-order chi connectivity index (χ1) is 14.1. The van der Waals surface area contributed by atoms with E-state index in [4.69, 9.17) is 0 Å². The molecule has 1 saturated heterocycles. The fourth-order valence-corrected chi connectivity index (χ4v) is 4.83. The van der Waals surface area contributed by atoms with Crippen molar-refractivity contribution >= 4 is 5.91 Å². The van der Waals surface area contributed by atoms with Gasteiger partial charge in [-0.15, -0.1) is 0 Å². The Labute approximate surface area is 174 Å². The zero-order valence-corrected chi connectivity index (χ0v) is 17.8. The molecule has 2 aromatic rings. The second-order valence-electron chi connectivity index (χ2n) is 8.85. The molecule has 1 N–H and O–H groups in total.